The van der Waals surface area contributed by atoms with Gasteiger partial charge in [0.05, 0.1) is 15.6 Å². The molecule has 0 atom stereocenters. The molecule has 1 aromatic heterocycles. The molecule has 154 valence electrons. The maximum Gasteiger partial charge on any atom is 0.433 e. The molecule has 0 bridgehead atoms. The number of aromatic carboxylic acids is 1. The van der Waals surface area contributed by atoms with Gasteiger partial charge in [0.2, 0.25) is 0 Å². The summed E-state index contributed by atoms with van der Waals surface area (Å²) in [5, 5.41) is 9.28. The Balaban J connectivity index is 1.99. The van der Waals surface area contributed by atoms with Gasteiger partial charge < -0.3 is 5.11 Å². The van der Waals surface area contributed by atoms with E-state index in [4.69, 9.17) is 39.9 Å². The Hall–Kier alpha value is -2.68. The molecule has 0 amide bonds. The molecular weight excluding hydrogens is 466 g/mol. The van der Waals surface area contributed by atoms with Crippen molar-refractivity contribution in [2.75, 3.05) is 0 Å². The number of carboxylic acids is 1. The van der Waals surface area contributed by atoms with Gasteiger partial charge in [-0.1, -0.05) is 34.8 Å². The van der Waals surface area contributed by atoms with Crippen LogP contribution in [0, 0.1) is 0 Å². The molecule has 3 aromatic rings. The van der Waals surface area contributed by atoms with E-state index in [-0.39, 0.29) is 37.7 Å². The molecule has 0 unspecified atom stereocenters. The van der Waals surface area contributed by atoms with Crippen LogP contribution in [0.3, 0.4) is 0 Å². The molecule has 0 aliphatic heterocycles. The largest absolute Gasteiger partial charge is 0.478 e. The van der Waals surface area contributed by atoms with Crippen LogP contribution in [-0.4, -0.2) is 27.3 Å². The Morgan fingerprint density at radius 2 is 1.70 bits per heavy atom. The number of carbonyl (C=O) groups is 1. The van der Waals surface area contributed by atoms with Crippen LogP contribution in [0.1, 0.15) is 21.6 Å². The zero-order valence-corrected chi connectivity index (χ0v) is 16.9. The number of alkyl halides is 3. The third kappa shape index (κ3) is 4.89. The number of benzene rings is 2. The van der Waals surface area contributed by atoms with Gasteiger partial charge >= 0.3 is 12.1 Å². The molecule has 2 aromatic carbocycles. The van der Waals surface area contributed by atoms with Crippen LogP contribution in [0.5, 0.6) is 0 Å². The van der Waals surface area contributed by atoms with E-state index in [9.17, 15) is 18.0 Å². The number of rotatable bonds is 4. The van der Waals surface area contributed by atoms with E-state index >= 15 is 0 Å². The molecule has 0 aliphatic rings. The summed E-state index contributed by atoms with van der Waals surface area (Å²) in [5.74, 6) is -1.34. The molecule has 0 spiro atoms. The normalized spacial score (nSPS) is 11.8. The van der Waals surface area contributed by atoms with Crippen molar-refractivity contribution in [1.82, 2.24) is 9.97 Å². The van der Waals surface area contributed by atoms with Gasteiger partial charge in [-0.15, -0.1) is 0 Å². The molecular formula is C19H9Cl3F3N3O2. The minimum atomic E-state index is -4.61. The van der Waals surface area contributed by atoms with Gasteiger partial charge in [-0.2, -0.15) is 13.2 Å². The molecule has 0 aliphatic carbocycles. The molecule has 0 saturated heterocycles. The first-order valence-electron chi connectivity index (χ1n) is 8.03. The van der Waals surface area contributed by atoms with Crippen molar-refractivity contribution < 1.29 is 23.1 Å². The third-order valence-electron chi connectivity index (χ3n) is 3.80. The fraction of sp³-hybridized carbons (Fsp3) is 0.0526. The smallest absolute Gasteiger partial charge is 0.433 e. The van der Waals surface area contributed by atoms with Crippen molar-refractivity contribution in [2.24, 2.45) is 4.99 Å². The SMILES string of the molecule is O=C(O)c1cc(Cl)c(N=Cc2cc(-c3nccc(C(F)(F)F)n3)ccc2Cl)c(Cl)c1. The van der Waals surface area contributed by atoms with Crippen molar-refractivity contribution in [3.05, 3.63) is 74.5 Å². The van der Waals surface area contributed by atoms with Crippen LogP contribution in [0.15, 0.2) is 47.6 Å². The summed E-state index contributed by atoms with van der Waals surface area (Å²) in [5.41, 5.74) is -0.449. The van der Waals surface area contributed by atoms with Gasteiger partial charge in [-0.25, -0.2) is 14.8 Å². The van der Waals surface area contributed by atoms with Gasteiger partial charge in [0.15, 0.2) is 5.82 Å². The average molecular weight is 475 g/mol. The van der Waals surface area contributed by atoms with E-state index in [0.29, 0.717) is 5.56 Å². The van der Waals surface area contributed by atoms with E-state index in [2.05, 4.69) is 15.0 Å². The zero-order valence-electron chi connectivity index (χ0n) is 14.6. The molecule has 0 fully saturated rings. The maximum atomic E-state index is 12.9. The number of halogens is 6. The first-order valence-corrected chi connectivity index (χ1v) is 9.16. The van der Waals surface area contributed by atoms with Crippen LogP contribution in [0.2, 0.25) is 15.1 Å². The number of carboxylic acid groups (broad SMARTS) is 1. The highest BCUT2D eigenvalue weighted by molar-refractivity contribution is 6.39. The molecule has 0 saturated carbocycles. The summed E-state index contributed by atoms with van der Waals surface area (Å²) >= 11 is 18.2. The Morgan fingerprint density at radius 1 is 1.03 bits per heavy atom. The van der Waals surface area contributed by atoms with Crippen LogP contribution in [0.4, 0.5) is 18.9 Å². The molecule has 11 heteroatoms. The topological polar surface area (TPSA) is 75.4 Å². The predicted molar refractivity (Wildman–Crippen MR) is 108 cm³/mol. The summed E-state index contributed by atoms with van der Waals surface area (Å²) in [7, 11) is 0. The van der Waals surface area contributed by atoms with Crippen LogP contribution >= 0.6 is 34.8 Å². The summed E-state index contributed by atoms with van der Waals surface area (Å²) in [6.07, 6.45) is -2.30. The van der Waals surface area contributed by atoms with Crippen molar-refractivity contribution in [3.8, 4) is 11.4 Å². The highest BCUT2D eigenvalue weighted by Gasteiger charge is 2.32. The van der Waals surface area contributed by atoms with Crippen molar-refractivity contribution in [2.45, 2.75) is 6.18 Å². The standard InChI is InChI=1S/C19H9Cl3F3N3O2/c20-12-2-1-9(17-26-4-3-15(28-17)19(23,24)25)5-11(12)8-27-16-13(21)6-10(18(29)30)7-14(16)22/h1-8H,(H,29,30). The third-order valence-corrected chi connectivity index (χ3v) is 4.72. The minimum Gasteiger partial charge on any atom is -0.478 e. The number of nitrogens with zero attached hydrogens (tertiary/aromatic N) is 3. The minimum absolute atomic E-state index is 0.00430. The van der Waals surface area contributed by atoms with Crippen LogP contribution < -0.4 is 0 Å². The maximum absolute atomic E-state index is 12.9. The lowest BCUT2D eigenvalue weighted by Gasteiger charge is -2.08. The summed E-state index contributed by atoms with van der Waals surface area (Å²) < 4.78 is 38.7. The number of hydrogen-bond acceptors (Lipinski definition) is 4. The lowest BCUT2D eigenvalue weighted by molar-refractivity contribution is -0.141. The van der Waals surface area contributed by atoms with E-state index in [0.717, 1.165) is 12.3 Å². The Morgan fingerprint density at radius 3 is 2.30 bits per heavy atom. The van der Waals surface area contributed by atoms with Gasteiger partial charge in [-0.05, 0) is 36.4 Å². The van der Waals surface area contributed by atoms with Gasteiger partial charge in [0.25, 0.3) is 0 Å². The zero-order chi connectivity index (χ0) is 22.1. The molecule has 3 rings (SSSR count). The second kappa shape index (κ2) is 8.59. The predicted octanol–water partition coefficient (Wildman–Crippen LogP) is 6.57. The van der Waals surface area contributed by atoms with Gasteiger partial charge in [-0.3, -0.25) is 4.99 Å². The molecule has 1 N–H and O–H groups in total. The number of hydrogen-bond donors (Lipinski definition) is 1. The highest BCUT2D eigenvalue weighted by Crippen LogP contribution is 2.35. The lowest BCUT2D eigenvalue weighted by atomic mass is 10.1. The van der Waals surface area contributed by atoms with E-state index in [1.165, 1.54) is 36.5 Å². The van der Waals surface area contributed by atoms with Crippen molar-refractivity contribution in [1.29, 1.82) is 0 Å². The highest BCUT2D eigenvalue weighted by atomic mass is 35.5. The van der Waals surface area contributed by atoms with Crippen molar-refractivity contribution in [3.63, 3.8) is 0 Å². The van der Waals surface area contributed by atoms with Crippen LogP contribution in [-0.2, 0) is 6.18 Å². The molecule has 30 heavy (non-hydrogen) atoms. The average Bonchev–Trinajstić information content (AvgIpc) is 2.67. The first-order chi connectivity index (χ1) is 14.1. The molecule has 5 nitrogen and oxygen atoms in total. The lowest BCUT2D eigenvalue weighted by Crippen LogP contribution is -2.09. The Labute approximate surface area is 182 Å². The fourth-order valence-electron chi connectivity index (χ4n) is 2.38. The quantitative estimate of drug-likeness (QED) is 0.434. The van der Waals surface area contributed by atoms with Gasteiger partial charge in [0.1, 0.15) is 11.4 Å². The van der Waals surface area contributed by atoms with E-state index in [1.807, 2.05) is 0 Å². The Bertz CT molecular complexity index is 1140. The van der Waals surface area contributed by atoms with Gasteiger partial charge in [0, 0.05) is 28.6 Å². The Kier molecular flexibility index (Phi) is 6.30. The summed E-state index contributed by atoms with van der Waals surface area (Å²) in [4.78, 5) is 22.6. The monoisotopic (exact) mass is 473 g/mol. The molecule has 0 radical (unpaired) electrons. The van der Waals surface area contributed by atoms with Crippen LogP contribution in [0.25, 0.3) is 11.4 Å². The second-order valence-electron chi connectivity index (χ2n) is 5.85. The van der Waals surface area contributed by atoms with E-state index in [1.54, 1.807) is 0 Å². The number of aliphatic imine (C=N–C) groups is 1. The molecule has 1 heterocycles. The number of aromatic nitrogens is 2. The summed E-state index contributed by atoms with van der Waals surface area (Å²) in [6, 6.07) is 7.53. The second-order valence-corrected chi connectivity index (χ2v) is 7.07. The van der Waals surface area contributed by atoms with Crippen molar-refractivity contribution >= 4 is 52.7 Å². The summed E-state index contributed by atoms with van der Waals surface area (Å²) in [6.45, 7) is 0. The van der Waals surface area contributed by atoms with E-state index < -0.39 is 17.8 Å². The first kappa shape index (κ1) is 22.0. The fourth-order valence-corrected chi connectivity index (χ4v) is 3.13.